The molecule has 0 aliphatic carbocycles. The number of aliphatic hydroxyl groups is 2. The summed E-state index contributed by atoms with van der Waals surface area (Å²) in [5.41, 5.74) is 5.25. The molecule has 0 saturated carbocycles. The predicted octanol–water partition coefficient (Wildman–Crippen LogP) is 0.618. The molecule has 0 saturated heterocycles. The van der Waals surface area contributed by atoms with E-state index in [2.05, 4.69) is 0 Å². The molecule has 2 atom stereocenters. The molecule has 17 heavy (non-hydrogen) atoms. The number of primary amides is 1. The number of hydrogen-bond acceptors (Lipinski definition) is 4. The first kappa shape index (κ1) is 13.8. The zero-order valence-electron chi connectivity index (χ0n) is 9.26. The molecule has 0 radical (unpaired) electrons. The maximum atomic E-state index is 10.6. The van der Waals surface area contributed by atoms with Crippen molar-refractivity contribution in [1.82, 2.24) is 0 Å². The number of benzene rings is 1. The van der Waals surface area contributed by atoms with Crippen molar-refractivity contribution >= 4 is 17.5 Å². The number of carbonyl (C=O) groups excluding carboxylic acids is 1. The summed E-state index contributed by atoms with van der Waals surface area (Å²) in [6.07, 6.45) is -2.87. The van der Waals surface area contributed by atoms with Gasteiger partial charge in [-0.1, -0.05) is 17.7 Å². The Bertz CT molecular complexity index is 410. The van der Waals surface area contributed by atoms with Crippen LogP contribution in [0.2, 0.25) is 5.02 Å². The average molecular weight is 260 g/mol. The van der Waals surface area contributed by atoms with Gasteiger partial charge in [-0.2, -0.15) is 0 Å². The minimum absolute atomic E-state index is 0.250. The van der Waals surface area contributed by atoms with Gasteiger partial charge in [0.25, 0.3) is 0 Å². The molecule has 0 aromatic heterocycles. The van der Waals surface area contributed by atoms with Crippen molar-refractivity contribution in [3.05, 3.63) is 28.8 Å². The summed E-state index contributed by atoms with van der Waals surface area (Å²) in [5.74, 6) is -0.156. The molecule has 4 N–H and O–H groups in total. The highest BCUT2D eigenvalue weighted by molar-refractivity contribution is 6.31. The number of carbonyl (C=O) groups is 1. The number of amides is 1. The summed E-state index contributed by atoms with van der Waals surface area (Å²) in [6.45, 7) is 0. The molecule has 0 aliphatic rings. The zero-order chi connectivity index (χ0) is 13.0. The molecule has 1 aromatic carbocycles. The standard InChI is InChI=1S/C11H14ClNO4/c1-17-6-2-3-7(8(12)4-6)11(16)9(14)5-10(13)15/h2-4,9,11,14,16H,5H2,1H3,(H2,13,15). The van der Waals surface area contributed by atoms with E-state index in [1.54, 1.807) is 6.07 Å². The molecule has 0 spiro atoms. The minimum atomic E-state index is -1.28. The molecule has 2 unspecified atom stereocenters. The van der Waals surface area contributed by atoms with Gasteiger partial charge in [0.15, 0.2) is 0 Å². The van der Waals surface area contributed by atoms with Gasteiger partial charge in [-0.15, -0.1) is 0 Å². The van der Waals surface area contributed by atoms with E-state index < -0.39 is 18.1 Å². The Balaban J connectivity index is 2.88. The highest BCUT2D eigenvalue weighted by Crippen LogP contribution is 2.29. The van der Waals surface area contributed by atoms with E-state index in [9.17, 15) is 15.0 Å². The van der Waals surface area contributed by atoms with E-state index in [1.165, 1.54) is 19.2 Å². The first-order valence-corrected chi connectivity index (χ1v) is 5.31. The number of aliphatic hydroxyl groups excluding tert-OH is 2. The second-order valence-electron chi connectivity index (χ2n) is 3.57. The lowest BCUT2D eigenvalue weighted by atomic mass is 10.0. The molecule has 1 aromatic rings. The predicted molar refractivity (Wildman–Crippen MR) is 62.8 cm³/mol. The van der Waals surface area contributed by atoms with E-state index in [1.807, 2.05) is 0 Å². The maximum Gasteiger partial charge on any atom is 0.220 e. The van der Waals surface area contributed by atoms with Gasteiger partial charge >= 0.3 is 0 Å². The van der Waals surface area contributed by atoms with Gasteiger partial charge < -0.3 is 20.7 Å². The third-order valence-electron chi connectivity index (χ3n) is 2.30. The topological polar surface area (TPSA) is 92.8 Å². The van der Waals surface area contributed by atoms with Gasteiger partial charge in [0.1, 0.15) is 11.9 Å². The minimum Gasteiger partial charge on any atom is -0.497 e. The summed E-state index contributed by atoms with van der Waals surface area (Å²) in [4.78, 5) is 10.6. The fraction of sp³-hybridized carbons (Fsp3) is 0.364. The lowest BCUT2D eigenvalue weighted by Gasteiger charge is -2.18. The Labute approximate surface area is 104 Å². The number of rotatable bonds is 5. The second kappa shape index (κ2) is 5.86. The zero-order valence-corrected chi connectivity index (χ0v) is 10.0. The number of ether oxygens (including phenoxy) is 1. The van der Waals surface area contributed by atoms with Crippen LogP contribution in [0.4, 0.5) is 0 Å². The van der Waals surface area contributed by atoms with Crippen molar-refractivity contribution < 1.29 is 19.7 Å². The van der Waals surface area contributed by atoms with E-state index in [4.69, 9.17) is 22.1 Å². The number of hydrogen-bond donors (Lipinski definition) is 3. The molecule has 1 amide bonds. The third-order valence-corrected chi connectivity index (χ3v) is 2.63. The Morgan fingerprint density at radius 1 is 1.53 bits per heavy atom. The highest BCUT2D eigenvalue weighted by Gasteiger charge is 2.22. The Morgan fingerprint density at radius 3 is 2.65 bits per heavy atom. The molecule has 94 valence electrons. The Morgan fingerprint density at radius 2 is 2.18 bits per heavy atom. The lowest BCUT2D eigenvalue weighted by Crippen LogP contribution is -2.25. The van der Waals surface area contributed by atoms with Gasteiger partial charge in [0.05, 0.1) is 24.7 Å². The van der Waals surface area contributed by atoms with Crippen molar-refractivity contribution in [3.8, 4) is 5.75 Å². The summed E-state index contributed by atoms with van der Waals surface area (Å²) < 4.78 is 4.95. The molecular weight excluding hydrogens is 246 g/mol. The summed E-state index contributed by atoms with van der Waals surface area (Å²) >= 11 is 5.92. The van der Waals surface area contributed by atoms with Crippen LogP contribution in [0.25, 0.3) is 0 Å². The smallest absolute Gasteiger partial charge is 0.220 e. The van der Waals surface area contributed by atoms with Crippen LogP contribution in [0.3, 0.4) is 0 Å². The van der Waals surface area contributed by atoms with Gasteiger partial charge in [0.2, 0.25) is 5.91 Å². The third kappa shape index (κ3) is 3.59. The molecule has 6 heteroatoms. The van der Waals surface area contributed by atoms with E-state index in [0.29, 0.717) is 11.3 Å². The van der Waals surface area contributed by atoms with Crippen LogP contribution in [0.1, 0.15) is 18.1 Å². The van der Waals surface area contributed by atoms with Gasteiger partial charge in [0, 0.05) is 5.56 Å². The van der Waals surface area contributed by atoms with Crippen LogP contribution in [-0.4, -0.2) is 29.3 Å². The molecule has 0 bridgehead atoms. The van der Waals surface area contributed by atoms with E-state index in [0.717, 1.165) is 0 Å². The molecule has 5 nitrogen and oxygen atoms in total. The van der Waals surface area contributed by atoms with Gasteiger partial charge in [-0.05, 0) is 12.1 Å². The van der Waals surface area contributed by atoms with Crippen molar-refractivity contribution in [2.75, 3.05) is 7.11 Å². The monoisotopic (exact) mass is 259 g/mol. The maximum absolute atomic E-state index is 10.6. The van der Waals surface area contributed by atoms with E-state index in [-0.39, 0.29) is 11.4 Å². The molecule has 1 rings (SSSR count). The molecule has 0 heterocycles. The number of nitrogens with two attached hydrogens (primary N) is 1. The molecular formula is C11H14ClNO4. The Kier molecular flexibility index (Phi) is 4.74. The SMILES string of the molecule is COc1ccc(C(O)C(O)CC(N)=O)c(Cl)c1. The Hall–Kier alpha value is -1.30. The van der Waals surface area contributed by atoms with E-state index >= 15 is 0 Å². The molecule has 0 aliphatic heterocycles. The normalized spacial score (nSPS) is 14.1. The summed E-state index contributed by atoms with van der Waals surface area (Å²) in [5, 5.41) is 19.6. The fourth-order valence-electron chi connectivity index (χ4n) is 1.40. The van der Waals surface area contributed by atoms with Crippen LogP contribution < -0.4 is 10.5 Å². The van der Waals surface area contributed by atoms with Crippen molar-refractivity contribution in [3.63, 3.8) is 0 Å². The van der Waals surface area contributed by atoms with Gasteiger partial charge in [-0.25, -0.2) is 0 Å². The quantitative estimate of drug-likeness (QED) is 0.723. The van der Waals surface area contributed by atoms with Crippen LogP contribution in [0.15, 0.2) is 18.2 Å². The average Bonchev–Trinajstić information content (AvgIpc) is 2.27. The first-order chi connectivity index (χ1) is 7.95. The van der Waals surface area contributed by atoms with Crippen LogP contribution >= 0.6 is 11.6 Å². The summed E-state index contributed by atoms with van der Waals surface area (Å²) in [7, 11) is 1.49. The fourth-order valence-corrected chi connectivity index (χ4v) is 1.68. The highest BCUT2D eigenvalue weighted by atomic mass is 35.5. The van der Waals surface area contributed by atoms with Crippen LogP contribution in [0.5, 0.6) is 5.75 Å². The van der Waals surface area contributed by atoms with Crippen LogP contribution in [0, 0.1) is 0 Å². The van der Waals surface area contributed by atoms with Crippen molar-refractivity contribution in [2.24, 2.45) is 5.73 Å². The van der Waals surface area contributed by atoms with Crippen molar-refractivity contribution in [1.29, 1.82) is 0 Å². The lowest BCUT2D eigenvalue weighted by molar-refractivity contribution is -0.121. The van der Waals surface area contributed by atoms with Gasteiger partial charge in [-0.3, -0.25) is 4.79 Å². The largest absolute Gasteiger partial charge is 0.497 e. The summed E-state index contributed by atoms with van der Waals surface area (Å²) in [6, 6.07) is 4.63. The molecule has 0 fully saturated rings. The van der Waals surface area contributed by atoms with Crippen LogP contribution in [-0.2, 0) is 4.79 Å². The van der Waals surface area contributed by atoms with Crippen molar-refractivity contribution in [2.45, 2.75) is 18.6 Å². The first-order valence-electron chi connectivity index (χ1n) is 4.93. The second-order valence-corrected chi connectivity index (χ2v) is 3.98. The number of halogens is 1. The number of methoxy groups -OCH3 is 1.